The number of rotatable bonds is 5. The number of sulfonamides is 1. The van der Waals surface area contributed by atoms with Gasteiger partial charge in [-0.1, -0.05) is 30.3 Å². The van der Waals surface area contributed by atoms with Crippen LogP contribution in [0.2, 0.25) is 0 Å². The van der Waals surface area contributed by atoms with E-state index in [0.717, 1.165) is 16.2 Å². The molecule has 0 aliphatic heterocycles. The van der Waals surface area contributed by atoms with Gasteiger partial charge in [-0.3, -0.25) is 0 Å². The molecule has 0 radical (unpaired) electrons. The van der Waals surface area contributed by atoms with Gasteiger partial charge in [0.15, 0.2) is 5.65 Å². The van der Waals surface area contributed by atoms with Crippen LogP contribution in [-0.4, -0.2) is 28.2 Å². The van der Waals surface area contributed by atoms with Crippen molar-refractivity contribution < 1.29 is 8.42 Å². The molecule has 0 atom stereocenters. The zero-order valence-corrected chi connectivity index (χ0v) is 15.7. The minimum absolute atomic E-state index is 0.0523. The molecule has 0 saturated heterocycles. The average Bonchev–Trinajstić information content (AvgIpc) is 3.11. The van der Waals surface area contributed by atoms with Crippen LogP contribution < -0.4 is 5.14 Å². The fraction of sp³-hybridized carbons (Fsp3) is 0.0556. The van der Waals surface area contributed by atoms with Crippen molar-refractivity contribution in [2.75, 3.05) is 0 Å². The molecule has 0 bridgehead atoms. The second-order valence-corrected chi connectivity index (χ2v) is 8.31. The van der Waals surface area contributed by atoms with Crippen LogP contribution in [-0.2, 0) is 15.8 Å². The van der Waals surface area contributed by atoms with Crippen LogP contribution in [0.4, 0.5) is 0 Å². The van der Waals surface area contributed by atoms with Crippen molar-refractivity contribution in [3.05, 3.63) is 72.7 Å². The number of aromatic nitrogens is 4. The van der Waals surface area contributed by atoms with Crippen LogP contribution >= 0.6 is 11.8 Å². The average molecular weight is 397 g/mol. The SMILES string of the molecule is NS(=O)(=O)c1ccc(-n2ncc3c(SCc4ccccc4)ncnc32)cc1. The fourth-order valence-electron chi connectivity index (χ4n) is 2.63. The van der Waals surface area contributed by atoms with Gasteiger partial charge in [-0.2, -0.15) is 5.10 Å². The van der Waals surface area contributed by atoms with Crippen molar-refractivity contribution in [3.63, 3.8) is 0 Å². The highest BCUT2D eigenvalue weighted by molar-refractivity contribution is 7.98. The number of benzene rings is 2. The van der Waals surface area contributed by atoms with Gasteiger partial charge in [-0.15, -0.1) is 11.8 Å². The van der Waals surface area contributed by atoms with E-state index >= 15 is 0 Å². The number of hydrogen-bond acceptors (Lipinski definition) is 6. The van der Waals surface area contributed by atoms with Gasteiger partial charge in [-0.25, -0.2) is 28.2 Å². The Morgan fingerprint density at radius 3 is 2.44 bits per heavy atom. The first kappa shape index (κ1) is 17.7. The summed E-state index contributed by atoms with van der Waals surface area (Å²) in [4.78, 5) is 8.77. The van der Waals surface area contributed by atoms with E-state index in [1.165, 1.54) is 24.0 Å². The lowest BCUT2D eigenvalue weighted by molar-refractivity contribution is 0.598. The van der Waals surface area contributed by atoms with Crippen LogP contribution in [0, 0.1) is 0 Å². The molecule has 4 aromatic rings. The Kier molecular flexibility index (Phi) is 4.65. The van der Waals surface area contributed by atoms with E-state index in [9.17, 15) is 8.42 Å². The maximum Gasteiger partial charge on any atom is 0.238 e. The third kappa shape index (κ3) is 3.70. The van der Waals surface area contributed by atoms with Gasteiger partial charge in [-0.05, 0) is 29.8 Å². The zero-order valence-electron chi connectivity index (χ0n) is 14.1. The molecule has 0 fully saturated rings. The second-order valence-electron chi connectivity index (χ2n) is 5.79. The summed E-state index contributed by atoms with van der Waals surface area (Å²) in [6.07, 6.45) is 3.22. The highest BCUT2D eigenvalue weighted by atomic mass is 32.2. The van der Waals surface area contributed by atoms with E-state index in [1.54, 1.807) is 34.8 Å². The van der Waals surface area contributed by atoms with Crippen molar-refractivity contribution in [2.24, 2.45) is 5.14 Å². The summed E-state index contributed by atoms with van der Waals surface area (Å²) in [7, 11) is -3.73. The van der Waals surface area contributed by atoms with E-state index in [-0.39, 0.29) is 4.90 Å². The monoisotopic (exact) mass is 397 g/mol. The second kappa shape index (κ2) is 7.10. The molecule has 0 unspecified atom stereocenters. The Morgan fingerprint density at radius 2 is 1.74 bits per heavy atom. The van der Waals surface area contributed by atoms with E-state index < -0.39 is 10.0 Å². The Bertz CT molecular complexity index is 1190. The molecular weight excluding hydrogens is 382 g/mol. The topological polar surface area (TPSA) is 104 Å². The molecule has 2 heterocycles. The Labute approximate surface area is 160 Å². The van der Waals surface area contributed by atoms with Gasteiger partial charge in [0, 0.05) is 5.75 Å². The lowest BCUT2D eigenvalue weighted by Gasteiger charge is -2.05. The van der Waals surface area contributed by atoms with Crippen molar-refractivity contribution >= 4 is 32.8 Å². The molecule has 0 amide bonds. The van der Waals surface area contributed by atoms with Gasteiger partial charge in [0.25, 0.3) is 0 Å². The molecule has 136 valence electrons. The molecule has 0 saturated carbocycles. The molecule has 4 rings (SSSR count). The van der Waals surface area contributed by atoms with Gasteiger partial charge >= 0.3 is 0 Å². The molecular formula is C18H15N5O2S2. The van der Waals surface area contributed by atoms with Gasteiger partial charge in [0.1, 0.15) is 11.4 Å². The van der Waals surface area contributed by atoms with Crippen LogP contribution in [0.5, 0.6) is 0 Å². The van der Waals surface area contributed by atoms with Gasteiger partial charge in [0.2, 0.25) is 10.0 Å². The molecule has 0 aliphatic rings. The maximum atomic E-state index is 11.4. The van der Waals surface area contributed by atoms with Crippen LogP contribution in [0.25, 0.3) is 16.7 Å². The smallest absolute Gasteiger partial charge is 0.229 e. The van der Waals surface area contributed by atoms with Gasteiger partial charge in [0.05, 0.1) is 22.2 Å². The van der Waals surface area contributed by atoms with Crippen molar-refractivity contribution in [1.29, 1.82) is 0 Å². The summed E-state index contributed by atoms with van der Waals surface area (Å²) < 4.78 is 24.5. The fourth-order valence-corrected chi connectivity index (χ4v) is 4.06. The Morgan fingerprint density at radius 1 is 1.00 bits per heavy atom. The Hall–Kier alpha value is -2.75. The number of nitrogens with zero attached hydrogens (tertiary/aromatic N) is 4. The predicted molar refractivity (Wildman–Crippen MR) is 104 cm³/mol. The first-order valence-corrected chi connectivity index (χ1v) is 10.5. The van der Waals surface area contributed by atoms with Crippen molar-refractivity contribution in [2.45, 2.75) is 15.7 Å². The van der Waals surface area contributed by atoms with Gasteiger partial charge < -0.3 is 0 Å². The predicted octanol–water partition coefficient (Wildman–Crippen LogP) is 2.76. The van der Waals surface area contributed by atoms with Crippen molar-refractivity contribution in [3.8, 4) is 5.69 Å². The number of primary sulfonamides is 1. The Balaban J connectivity index is 1.66. The van der Waals surface area contributed by atoms with E-state index in [2.05, 4.69) is 27.2 Å². The number of fused-ring (bicyclic) bond motifs is 1. The first-order chi connectivity index (χ1) is 13.0. The molecule has 27 heavy (non-hydrogen) atoms. The first-order valence-electron chi connectivity index (χ1n) is 8.01. The molecule has 2 N–H and O–H groups in total. The lowest BCUT2D eigenvalue weighted by Crippen LogP contribution is -2.12. The lowest BCUT2D eigenvalue weighted by atomic mass is 10.2. The standard InChI is InChI=1S/C18H15N5O2S2/c19-27(24,25)15-8-6-14(7-9-15)23-17-16(10-22-23)18(21-12-20-17)26-11-13-4-2-1-3-5-13/h1-10,12H,11H2,(H2,19,24,25). The molecule has 9 heteroatoms. The van der Waals surface area contributed by atoms with E-state index in [4.69, 9.17) is 5.14 Å². The normalized spacial score (nSPS) is 11.7. The molecule has 0 aliphatic carbocycles. The number of hydrogen-bond donors (Lipinski definition) is 1. The summed E-state index contributed by atoms with van der Waals surface area (Å²) in [5.74, 6) is 0.793. The summed E-state index contributed by atoms with van der Waals surface area (Å²) in [6, 6.07) is 16.3. The summed E-state index contributed by atoms with van der Waals surface area (Å²) in [6.45, 7) is 0. The summed E-state index contributed by atoms with van der Waals surface area (Å²) in [5.41, 5.74) is 2.55. The third-order valence-corrected chi connectivity index (χ3v) is 5.96. The van der Waals surface area contributed by atoms with Crippen molar-refractivity contribution in [1.82, 2.24) is 19.7 Å². The summed E-state index contributed by atoms with van der Waals surface area (Å²) in [5, 5.41) is 11.2. The van der Waals surface area contributed by atoms with Crippen LogP contribution in [0.15, 0.2) is 77.0 Å². The van der Waals surface area contributed by atoms with Crippen LogP contribution in [0.1, 0.15) is 5.56 Å². The minimum Gasteiger partial charge on any atom is -0.229 e. The van der Waals surface area contributed by atoms with E-state index in [0.29, 0.717) is 11.3 Å². The maximum absolute atomic E-state index is 11.4. The molecule has 0 spiro atoms. The molecule has 2 aromatic heterocycles. The minimum atomic E-state index is -3.73. The zero-order chi connectivity index (χ0) is 18.9. The third-order valence-electron chi connectivity index (χ3n) is 3.96. The molecule has 2 aromatic carbocycles. The molecule has 7 nitrogen and oxygen atoms in total. The quantitative estimate of drug-likeness (QED) is 0.410. The summed E-state index contributed by atoms with van der Waals surface area (Å²) >= 11 is 1.62. The highest BCUT2D eigenvalue weighted by Gasteiger charge is 2.13. The number of nitrogens with two attached hydrogens (primary N) is 1. The largest absolute Gasteiger partial charge is 0.238 e. The van der Waals surface area contributed by atoms with Crippen LogP contribution in [0.3, 0.4) is 0 Å². The number of thioether (sulfide) groups is 1. The van der Waals surface area contributed by atoms with E-state index in [1.807, 2.05) is 18.2 Å². The highest BCUT2D eigenvalue weighted by Crippen LogP contribution is 2.28.